The number of nitrogens with zero attached hydrogens (tertiary/aromatic N) is 1. The molecule has 100 valence electrons. The molecule has 1 aliphatic rings. The second kappa shape index (κ2) is 4.46. The van der Waals surface area contributed by atoms with E-state index < -0.39 is 11.3 Å². The summed E-state index contributed by atoms with van der Waals surface area (Å²) >= 11 is 0. The van der Waals surface area contributed by atoms with Gasteiger partial charge in [0, 0.05) is 6.54 Å². The van der Waals surface area contributed by atoms with Crippen molar-refractivity contribution < 1.29 is 14.3 Å². The van der Waals surface area contributed by atoms with Gasteiger partial charge in [-0.25, -0.2) is 4.79 Å². The zero-order valence-corrected chi connectivity index (χ0v) is 11.6. The van der Waals surface area contributed by atoms with Crippen LogP contribution in [0, 0.1) is 0 Å². The van der Waals surface area contributed by atoms with Crippen LogP contribution in [-0.2, 0) is 9.47 Å². The summed E-state index contributed by atoms with van der Waals surface area (Å²) in [5.41, 5.74) is 4.52. The van der Waals surface area contributed by atoms with Gasteiger partial charge in [0.15, 0.2) is 0 Å². The molecule has 5 nitrogen and oxygen atoms in total. The maximum atomic E-state index is 12.2. The predicted octanol–water partition coefficient (Wildman–Crippen LogP) is 1.71. The Kier molecular flexibility index (Phi) is 3.74. The van der Waals surface area contributed by atoms with E-state index in [0.717, 1.165) is 0 Å². The summed E-state index contributed by atoms with van der Waals surface area (Å²) in [7, 11) is 0. The topological polar surface area (TPSA) is 64.8 Å². The van der Waals surface area contributed by atoms with Crippen molar-refractivity contribution in [3.8, 4) is 0 Å². The van der Waals surface area contributed by atoms with Crippen LogP contribution in [0.25, 0.3) is 0 Å². The van der Waals surface area contributed by atoms with Crippen molar-refractivity contribution in [3.63, 3.8) is 0 Å². The van der Waals surface area contributed by atoms with Gasteiger partial charge in [-0.2, -0.15) is 0 Å². The van der Waals surface area contributed by atoms with Gasteiger partial charge in [0.2, 0.25) is 0 Å². The Labute approximate surface area is 103 Å². The van der Waals surface area contributed by atoms with Crippen LogP contribution in [0.5, 0.6) is 0 Å². The van der Waals surface area contributed by atoms with Crippen molar-refractivity contribution >= 4 is 6.09 Å². The molecular weight excluding hydrogens is 220 g/mol. The number of amides is 1. The molecule has 1 heterocycles. The molecule has 0 aromatic carbocycles. The fourth-order valence-corrected chi connectivity index (χ4v) is 2.16. The molecule has 0 unspecified atom stereocenters. The zero-order valence-electron chi connectivity index (χ0n) is 11.6. The minimum Gasteiger partial charge on any atom is -0.444 e. The van der Waals surface area contributed by atoms with Gasteiger partial charge in [-0.3, -0.25) is 4.90 Å². The van der Waals surface area contributed by atoms with Crippen LogP contribution in [0.4, 0.5) is 4.79 Å². The largest absolute Gasteiger partial charge is 0.444 e. The van der Waals surface area contributed by atoms with Crippen LogP contribution in [0.1, 0.15) is 41.5 Å². The predicted molar refractivity (Wildman–Crippen MR) is 65.5 cm³/mol. The Morgan fingerprint density at radius 2 is 2.00 bits per heavy atom. The van der Waals surface area contributed by atoms with Crippen LogP contribution >= 0.6 is 0 Å². The zero-order chi connectivity index (χ0) is 13.4. The first-order chi connectivity index (χ1) is 7.58. The summed E-state index contributed by atoms with van der Waals surface area (Å²) in [6.07, 6.45) is -0.454. The van der Waals surface area contributed by atoms with E-state index >= 15 is 0 Å². The average Bonchev–Trinajstić information content (AvgIpc) is 2.31. The minimum absolute atomic E-state index is 0.0810. The van der Waals surface area contributed by atoms with Gasteiger partial charge in [0.25, 0.3) is 0 Å². The van der Waals surface area contributed by atoms with Crippen LogP contribution in [0.2, 0.25) is 0 Å². The molecule has 0 saturated carbocycles. The van der Waals surface area contributed by atoms with E-state index in [0.29, 0.717) is 6.54 Å². The van der Waals surface area contributed by atoms with Gasteiger partial charge in [-0.15, -0.1) is 0 Å². The highest BCUT2D eigenvalue weighted by Crippen LogP contribution is 2.32. The van der Waals surface area contributed by atoms with Gasteiger partial charge in [0.1, 0.15) is 11.3 Å². The highest BCUT2D eigenvalue weighted by atomic mass is 16.6. The molecule has 0 spiro atoms. The van der Waals surface area contributed by atoms with Crippen LogP contribution in [0.3, 0.4) is 0 Å². The van der Waals surface area contributed by atoms with Crippen molar-refractivity contribution in [2.75, 3.05) is 6.54 Å². The van der Waals surface area contributed by atoms with Crippen molar-refractivity contribution in [2.45, 2.75) is 65.0 Å². The first kappa shape index (κ1) is 14.3. The molecule has 1 fully saturated rings. The van der Waals surface area contributed by atoms with Gasteiger partial charge >= 0.3 is 6.09 Å². The summed E-state index contributed by atoms with van der Waals surface area (Å²) in [5, 5.41) is 0. The summed E-state index contributed by atoms with van der Waals surface area (Å²) in [6.45, 7) is 11.5. The normalized spacial score (nSPS) is 28.3. The molecule has 0 bridgehead atoms. The highest BCUT2D eigenvalue weighted by Gasteiger charge is 2.48. The van der Waals surface area contributed by atoms with E-state index in [2.05, 4.69) is 0 Å². The number of carbonyl (C=O) groups excluding carboxylic acids is 1. The molecule has 1 rings (SSSR count). The summed E-state index contributed by atoms with van der Waals surface area (Å²) in [4.78, 5) is 13.8. The van der Waals surface area contributed by atoms with E-state index in [1.807, 2.05) is 41.5 Å². The third-order valence-corrected chi connectivity index (χ3v) is 2.76. The van der Waals surface area contributed by atoms with E-state index in [9.17, 15) is 4.79 Å². The number of rotatable bonds is 1. The molecule has 1 amide bonds. The van der Waals surface area contributed by atoms with Gasteiger partial charge < -0.3 is 15.2 Å². The lowest BCUT2D eigenvalue weighted by Gasteiger charge is -2.34. The molecule has 0 aromatic heterocycles. The number of carbonyl (C=O) groups is 1. The second-order valence-corrected chi connectivity index (χ2v) is 5.92. The molecule has 0 radical (unpaired) electrons. The van der Waals surface area contributed by atoms with Crippen LogP contribution in [0.15, 0.2) is 0 Å². The third kappa shape index (κ3) is 3.10. The van der Waals surface area contributed by atoms with Gasteiger partial charge in [-0.1, -0.05) is 0 Å². The van der Waals surface area contributed by atoms with E-state index in [4.69, 9.17) is 15.2 Å². The Balaban J connectivity index is 2.89. The minimum atomic E-state index is -0.675. The average molecular weight is 244 g/mol. The fraction of sp³-hybridized carbons (Fsp3) is 0.917. The monoisotopic (exact) mass is 244 g/mol. The summed E-state index contributed by atoms with van der Waals surface area (Å²) in [5.74, 6) is 0. The lowest BCUT2D eigenvalue weighted by molar-refractivity contribution is -0.0755. The molecule has 0 aromatic rings. The molecular formula is C12H24N2O3. The number of nitrogens with two attached hydrogens (primary N) is 1. The molecule has 5 heteroatoms. The maximum Gasteiger partial charge on any atom is 0.412 e. The fourth-order valence-electron chi connectivity index (χ4n) is 2.16. The quantitative estimate of drug-likeness (QED) is 0.762. The number of ether oxygens (including phenoxy) is 2. The van der Waals surface area contributed by atoms with Crippen molar-refractivity contribution in [2.24, 2.45) is 5.73 Å². The van der Waals surface area contributed by atoms with Crippen molar-refractivity contribution in [1.29, 1.82) is 0 Å². The van der Waals surface area contributed by atoms with Crippen molar-refractivity contribution in [1.82, 2.24) is 4.90 Å². The molecule has 2 N–H and O–H groups in total. The SMILES string of the molecule is C[C@@H]1OC(C)(C)N(C(=O)OC(C)(C)C)[C@@H]1CN. The standard InChI is InChI=1S/C12H24N2O3/c1-8-9(7-13)14(12(5,6)16-8)10(15)17-11(2,3)4/h8-9H,7,13H2,1-6H3/t8-,9+/m0/s1. The Hall–Kier alpha value is -0.810. The molecule has 1 saturated heterocycles. The van der Waals surface area contributed by atoms with E-state index in [1.165, 1.54) is 0 Å². The Morgan fingerprint density at radius 3 is 2.41 bits per heavy atom. The molecule has 17 heavy (non-hydrogen) atoms. The van der Waals surface area contributed by atoms with Crippen LogP contribution < -0.4 is 5.73 Å². The smallest absolute Gasteiger partial charge is 0.412 e. The lowest BCUT2D eigenvalue weighted by atomic mass is 10.1. The summed E-state index contributed by atoms with van der Waals surface area (Å²) < 4.78 is 11.1. The van der Waals surface area contributed by atoms with Gasteiger partial charge in [-0.05, 0) is 41.5 Å². The van der Waals surface area contributed by atoms with Gasteiger partial charge in [0.05, 0.1) is 12.1 Å². The summed E-state index contributed by atoms with van der Waals surface area (Å²) in [6, 6.07) is -0.139. The highest BCUT2D eigenvalue weighted by molar-refractivity contribution is 5.70. The van der Waals surface area contributed by atoms with Crippen LogP contribution in [-0.4, -0.2) is 41.0 Å². The van der Waals surface area contributed by atoms with E-state index in [1.54, 1.807) is 4.90 Å². The number of hydrogen-bond donors (Lipinski definition) is 1. The Bertz CT molecular complexity index is 297. The molecule has 2 atom stereocenters. The van der Waals surface area contributed by atoms with Crippen molar-refractivity contribution in [3.05, 3.63) is 0 Å². The maximum absolute atomic E-state index is 12.2. The third-order valence-electron chi connectivity index (χ3n) is 2.76. The lowest BCUT2D eigenvalue weighted by Crippen LogP contribution is -2.52. The van der Waals surface area contributed by atoms with E-state index in [-0.39, 0.29) is 18.2 Å². The first-order valence-corrected chi connectivity index (χ1v) is 5.98. The Morgan fingerprint density at radius 1 is 1.47 bits per heavy atom. The second-order valence-electron chi connectivity index (χ2n) is 5.92. The molecule has 1 aliphatic heterocycles. The number of hydrogen-bond acceptors (Lipinski definition) is 4. The first-order valence-electron chi connectivity index (χ1n) is 5.98. The molecule has 0 aliphatic carbocycles.